The summed E-state index contributed by atoms with van der Waals surface area (Å²) in [5, 5.41) is 13.7. The summed E-state index contributed by atoms with van der Waals surface area (Å²) in [6.07, 6.45) is 3.08. The van der Waals surface area contributed by atoms with Gasteiger partial charge in [-0.3, -0.25) is 10.1 Å². The molecule has 94 valence electrons. The number of hydrogen-bond acceptors (Lipinski definition) is 6. The lowest BCUT2D eigenvalue weighted by molar-refractivity contribution is -0.384. The lowest BCUT2D eigenvalue weighted by Gasteiger charge is -2.22. The van der Waals surface area contributed by atoms with Gasteiger partial charge < -0.3 is 5.32 Å². The molecular formula is C9H13ClN4O2S. The van der Waals surface area contributed by atoms with Crippen molar-refractivity contribution in [2.45, 2.75) is 18.6 Å². The summed E-state index contributed by atoms with van der Waals surface area (Å²) in [6.45, 7) is 4.60. The van der Waals surface area contributed by atoms with Gasteiger partial charge in [0.25, 0.3) is 0 Å². The minimum Gasteiger partial charge on any atom is -0.363 e. The van der Waals surface area contributed by atoms with Gasteiger partial charge in [-0.05, 0) is 31.7 Å². The van der Waals surface area contributed by atoms with Crippen LogP contribution in [0.3, 0.4) is 0 Å². The number of aromatic nitrogens is 2. The van der Waals surface area contributed by atoms with Crippen molar-refractivity contribution in [2.24, 2.45) is 0 Å². The molecule has 1 rings (SSSR count). The van der Waals surface area contributed by atoms with Crippen LogP contribution in [0.25, 0.3) is 0 Å². The van der Waals surface area contributed by atoms with Gasteiger partial charge in [-0.1, -0.05) is 0 Å². The summed E-state index contributed by atoms with van der Waals surface area (Å²) < 4.78 is -0.0503. The van der Waals surface area contributed by atoms with E-state index in [1.54, 1.807) is 11.8 Å². The predicted octanol–water partition coefficient (Wildman–Crippen LogP) is 2.59. The van der Waals surface area contributed by atoms with Crippen LogP contribution in [0.2, 0.25) is 5.28 Å². The smallest absolute Gasteiger partial charge is 0.329 e. The lowest BCUT2D eigenvalue weighted by Crippen LogP contribution is -2.26. The van der Waals surface area contributed by atoms with Gasteiger partial charge in [0.2, 0.25) is 11.1 Å². The molecule has 0 amide bonds. The van der Waals surface area contributed by atoms with E-state index in [0.717, 1.165) is 6.20 Å². The van der Waals surface area contributed by atoms with Crippen LogP contribution in [0.1, 0.15) is 13.8 Å². The van der Waals surface area contributed by atoms with Gasteiger partial charge >= 0.3 is 5.69 Å². The fourth-order valence-electron chi connectivity index (χ4n) is 0.986. The van der Waals surface area contributed by atoms with Crippen LogP contribution in [-0.4, -0.2) is 32.4 Å². The van der Waals surface area contributed by atoms with Crippen molar-refractivity contribution in [1.82, 2.24) is 9.97 Å². The number of thioether (sulfide) groups is 1. The number of halogens is 1. The summed E-state index contributed by atoms with van der Waals surface area (Å²) in [7, 11) is 0. The Morgan fingerprint density at radius 2 is 2.29 bits per heavy atom. The second-order valence-electron chi connectivity index (χ2n) is 3.95. The van der Waals surface area contributed by atoms with Gasteiger partial charge in [0.15, 0.2) is 0 Å². The quantitative estimate of drug-likeness (QED) is 0.506. The van der Waals surface area contributed by atoms with E-state index < -0.39 is 4.92 Å². The maximum atomic E-state index is 10.8. The first kappa shape index (κ1) is 14.0. The zero-order valence-electron chi connectivity index (χ0n) is 9.73. The Morgan fingerprint density at radius 3 is 2.82 bits per heavy atom. The fraction of sp³-hybridized carbons (Fsp3) is 0.556. The summed E-state index contributed by atoms with van der Waals surface area (Å²) in [5.41, 5.74) is -0.175. The van der Waals surface area contributed by atoms with Crippen LogP contribution in [-0.2, 0) is 0 Å². The number of anilines is 1. The molecule has 0 aliphatic heterocycles. The third-order valence-electron chi connectivity index (χ3n) is 2.17. The van der Waals surface area contributed by atoms with Crippen molar-refractivity contribution in [3.63, 3.8) is 0 Å². The van der Waals surface area contributed by atoms with Crippen LogP contribution in [0, 0.1) is 10.1 Å². The Bertz CT molecular complexity index is 427. The molecule has 8 heteroatoms. The summed E-state index contributed by atoms with van der Waals surface area (Å²) >= 11 is 7.27. The van der Waals surface area contributed by atoms with Gasteiger partial charge in [-0.25, -0.2) is 4.98 Å². The minimum atomic E-state index is -0.537. The Hall–Kier alpha value is -1.08. The Balaban J connectivity index is 2.89. The van der Waals surface area contributed by atoms with Gasteiger partial charge in [0, 0.05) is 11.3 Å². The highest BCUT2D eigenvalue weighted by atomic mass is 35.5. The van der Waals surface area contributed by atoms with Gasteiger partial charge in [-0.2, -0.15) is 16.7 Å². The molecule has 1 aromatic heterocycles. The highest BCUT2D eigenvalue weighted by Crippen LogP contribution is 2.25. The molecule has 0 atom stereocenters. The highest BCUT2D eigenvalue weighted by Gasteiger charge is 2.21. The molecule has 0 aromatic carbocycles. The monoisotopic (exact) mass is 276 g/mol. The minimum absolute atomic E-state index is 0.0138. The van der Waals surface area contributed by atoms with Gasteiger partial charge in [0.1, 0.15) is 6.20 Å². The molecule has 1 heterocycles. The van der Waals surface area contributed by atoms with E-state index in [2.05, 4.69) is 15.3 Å². The van der Waals surface area contributed by atoms with Crippen molar-refractivity contribution in [1.29, 1.82) is 0 Å². The zero-order chi connectivity index (χ0) is 13.1. The molecule has 17 heavy (non-hydrogen) atoms. The number of nitrogens with zero attached hydrogens (tertiary/aromatic N) is 3. The van der Waals surface area contributed by atoms with Crippen molar-refractivity contribution in [3.05, 3.63) is 21.6 Å². The highest BCUT2D eigenvalue weighted by molar-refractivity contribution is 7.99. The topological polar surface area (TPSA) is 81.0 Å². The van der Waals surface area contributed by atoms with Crippen molar-refractivity contribution in [3.8, 4) is 0 Å². The zero-order valence-corrected chi connectivity index (χ0v) is 11.3. The molecule has 0 bridgehead atoms. The Labute approximate surface area is 108 Å². The number of nitrogens with one attached hydrogen (secondary N) is 1. The summed E-state index contributed by atoms with van der Waals surface area (Å²) in [4.78, 5) is 17.6. The maximum absolute atomic E-state index is 10.8. The largest absolute Gasteiger partial charge is 0.363 e. The number of nitro groups is 1. The number of hydrogen-bond donors (Lipinski definition) is 1. The van der Waals surface area contributed by atoms with E-state index in [-0.39, 0.29) is 21.5 Å². The van der Waals surface area contributed by atoms with E-state index in [1.807, 2.05) is 20.1 Å². The van der Waals surface area contributed by atoms with E-state index in [0.29, 0.717) is 6.54 Å². The molecule has 0 aliphatic carbocycles. The second kappa shape index (κ2) is 5.50. The summed E-state index contributed by atoms with van der Waals surface area (Å²) in [5.74, 6) is 0.150. The third-order valence-corrected chi connectivity index (χ3v) is 3.60. The molecule has 1 N–H and O–H groups in total. The molecule has 0 saturated heterocycles. The maximum Gasteiger partial charge on any atom is 0.329 e. The molecular weight excluding hydrogens is 264 g/mol. The standard InChI is InChI=1S/C9H13ClN4O2S/c1-9(2,17-3)5-12-7-6(14(15)16)4-11-8(10)13-7/h4H,5H2,1-3H3,(H,11,12,13). The fourth-order valence-corrected chi connectivity index (χ4v) is 1.34. The van der Waals surface area contributed by atoms with Crippen LogP contribution in [0.4, 0.5) is 11.5 Å². The van der Waals surface area contributed by atoms with Crippen molar-refractivity contribution >= 4 is 34.9 Å². The predicted molar refractivity (Wildman–Crippen MR) is 69.8 cm³/mol. The molecule has 0 aliphatic rings. The Morgan fingerprint density at radius 1 is 1.65 bits per heavy atom. The first-order chi connectivity index (χ1) is 7.85. The van der Waals surface area contributed by atoms with Gasteiger partial charge in [-0.15, -0.1) is 0 Å². The molecule has 0 spiro atoms. The van der Waals surface area contributed by atoms with Gasteiger partial charge in [0.05, 0.1) is 4.92 Å². The lowest BCUT2D eigenvalue weighted by atomic mass is 10.2. The summed E-state index contributed by atoms with van der Waals surface area (Å²) in [6, 6.07) is 0. The van der Waals surface area contributed by atoms with E-state index in [1.165, 1.54) is 0 Å². The van der Waals surface area contributed by atoms with Crippen LogP contribution >= 0.6 is 23.4 Å². The first-order valence-electron chi connectivity index (χ1n) is 4.81. The molecule has 0 radical (unpaired) electrons. The van der Waals surface area contributed by atoms with Crippen molar-refractivity contribution in [2.75, 3.05) is 18.1 Å². The normalized spacial score (nSPS) is 11.3. The average Bonchev–Trinajstić information content (AvgIpc) is 2.26. The molecule has 0 fully saturated rings. The van der Waals surface area contributed by atoms with Crippen molar-refractivity contribution < 1.29 is 4.92 Å². The SMILES string of the molecule is CSC(C)(C)CNc1nc(Cl)ncc1[N+](=O)[O-]. The average molecular weight is 277 g/mol. The van der Waals surface area contributed by atoms with Crippen LogP contribution in [0.15, 0.2) is 6.20 Å². The molecule has 0 saturated carbocycles. The van der Waals surface area contributed by atoms with E-state index in [4.69, 9.17) is 11.6 Å². The van der Waals surface area contributed by atoms with E-state index in [9.17, 15) is 10.1 Å². The van der Waals surface area contributed by atoms with Crippen LogP contribution < -0.4 is 5.32 Å². The number of rotatable bonds is 5. The van der Waals surface area contributed by atoms with E-state index >= 15 is 0 Å². The molecule has 6 nitrogen and oxygen atoms in total. The second-order valence-corrected chi connectivity index (χ2v) is 5.80. The molecule has 1 aromatic rings. The first-order valence-corrected chi connectivity index (χ1v) is 6.42. The molecule has 0 unspecified atom stereocenters. The van der Waals surface area contributed by atoms with Crippen LogP contribution in [0.5, 0.6) is 0 Å². The third kappa shape index (κ3) is 4.01. The Kier molecular flexibility index (Phi) is 4.53.